The highest BCUT2D eigenvalue weighted by Crippen LogP contribution is 2.40. The molecule has 0 saturated heterocycles. The first-order valence-corrected chi connectivity index (χ1v) is 7.67. The van der Waals surface area contributed by atoms with Gasteiger partial charge in [-0.1, -0.05) is 33.6 Å². The molecule has 1 aliphatic carbocycles. The van der Waals surface area contributed by atoms with Crippen LogP contribution in [-0.2, 0) is 0 Å². The van der Waals surface area contributed by atoms with Crippen molar-refractivity contribution in [2.45, 2.75) is 64.8 Å². The van der Waals surface area contributed by atoms with Crippen molar-refractivity contribution >= 4 is 11.9 Å². The molecule has 0 aromatic rings. The topological polar surface area (TPSA) is 58.7 Å². The van der Waals surface area contributed by atoms with Crippen LogP contribution >= 0.6 is 0 Å². The van der Waals surface area contributed by atoms with E-state index in [4.69, 9.17) is 5.73 Å². The number of carbonyl (C=O) groups excluding carboxylic acids is 1. The first kappa shape index (κ1) is 14.4. The average Bonchev–Trinajstić information content (AvgIpc) is 2.56. The number of nitrogens with zero attached hydrogens (tertiary/aromatic N) is 2. The third kappa shape index (κ3) is 2.49. The van der Waals surface area contributed by atoms with Crippen molar-refractivity contribution in [3.8, 4) is 0 Å². The molecule has 0 aromatic heterocycles. The van der Waals surface area contributed by atoms with Crippen LogP contribution in [0.2, 0.25) is 0 Å². The third-order valence-corrected chi connectivity index (χ3v) is 4.92. The van der Waals surface area contributed by atoms with E-state index in [0.717, 1.165) is 44.6 Å². The number of aliphatic imine (C=N–C) groups is 1. The predicted octanol–water partition coefficient (Wildman–Crippen LogP) is 3.16. The van der Waals surface area contributed by atoms with Crippen molar-refractivity contribution in [1.82, 2.24) is 4.90 Å². The summed E-state index contributed by atoms with van der Waals surface area (Å²) in [6.07, 6.45) is 6.48. The molecule has 2 atom stereocenters. The Bertz CT molecular complexity index is 378. The fraction of sp³-hybridized carbons (Fsp3) is 0.867. The minimum Gasteiger partial charge on any atom is -0.385 e. The van der Waals surface area contributed by atoms with Gasteiger partial charge in [-0.2, -0.15) is 4.99 Å². The number of amidine groups is 1. The van der Waals surface area contributed by atoms with Gasteiger partial charge in [0, 0.05) is 6.54 Å². The Balaban J connectivity index is 2.20. The smallest absolute Gasteiger partial charge is 0.346 e. The maximum absolute atomic E-state index is 12.0. The van der Waals surface area contributed by atoms with Gasteiger partial charge in [-0.05, 0) is 37.5 Å². The average molecular weight is 265 g/mol. The number of nitrogens with two attached hydrogens (primary N) is 1. The first-order valence-electron chi connectivity index (χ1n) is 7.67. The number of rotatable bonds is 3. The molecule has 1 heterocycles. The third-order valence-electron chi connectivity index (χ3n) is 4.92. The van der Waals surface area contributed by atoms with E-state index >= 15 is 0 Å². The van der Waals surface area contributed by atoms with Crippen molar-refractivity contribution in [3.63, 3.8) is 0 Å². The Morgan fingerprint density at radius 3 is 2.79 bits per heavy atom. The van der Waals surface area contributed by atoms with Gasteiger partial charge < -0.3 is 10.6 Å². The summed E-state index contributed by atoms with van der Waals surface area (Å²) in [6, 6.07) is -0.123. The maximum atomic E-state index is 12.0. The van der Waals surface area contributed by atoms with Crippen molar-refractivity contribution in [2.75, 3.05) is 6.54 Å². The van der Waals surface area contributed by atoms with E-state index in [2.05, 4.69) is 25.8 Å². The monoisotopic (exact) mass is 265 g/mol. The molecule has 4 nitrogen and oxygen atoms in total. The summed E-state index contributed by atoms with van der Waals surface area (Å²) in [6.45, 7) is 7.46. The number of hydrogen-bond donors (Lipinski definition) is 1. The second-order valence-electron chi connectivity index (χ2n) is 6.40. The minimum absolute atomic E-state index is 0.123. The summed E-state index contributed by atoms with van der Waals surface area (Å²) in [5.74, 6) is 2.03. The van der Waals surface area contributed by atoms with Gasteiger partial charge in [-0.3, -0.25) is 0 Å². The number of hydrogen-bond acceptors (Lipinski definition) is 2. The number of amides is 2. The molecule has 0 bridgehead atoms. The lowest BCUT2D eigenvalue weighted by Crippen LogP contribution is -2.54. The predicted molar refractivity (Wildman–Crippen MR) is 78.2 cm³/mol. The second kappa shape index (κ2) is 5.51. The van der Waals surface area contributed by atoms with E-state index in [-0.39, 0.29) is 11.6 Å². The molecular weight excluding hydrogens is 238 g/mol. The Morgan fingerprint density at radius 2 is 2.16 bits per heavy atom. The fourth-order valence-corrected chi connectivity index (χ4v) is 3.67. The Labute approximate surface area is 116 Å². The zero-order chi connectivity index (χ0) is 14.0. The summed E-state index contributed by atoms with van der Waals surface area (Å²) >= 11 is 0. The Hall–Kier alpha value is -1.06. The summed E-state index contributed by atoms with van der Waals surface area (Å²) in [4.78, 5) is 18.0. The van der Waals surface area contributed by atoms with Gasteiger partial charge in [0.05, 0.1) is 0 Å². The molecule has 108 valence electrons. The maximum Gasteiger partial charge on any atom is 0.346 e. The zero-order valence-corrected chi connectivity index (χ0v) is 12.5. The molecular formula is C15H27N3O. The lowest BCUT2D eigenvalue weighted by molar-refractivity contribution is 0.158. The minimum atomic E-state index is -0.267. The molecule has 2 rings (SSSR count). The van der Waals surface area contributed by atoms with Gasteiger partial charge in [-0.25, -0.2) is 4.79 Å². The summed E-state index contributed by atoms with van der Waals surface area (Å²) in [5.41, 5.74) is 5.87. The lowest BCUT2D eigenvalue weighted by atomic mass is 9.85. The van der Waals surface area contributed by atoms with Gasteiger partial charge in [0.1, 0.15) is 11.4 Å². The van der Waals surface area contributed by atoms with Crippen LogP contribution in [0.1, 0.15) is 59.3 Å². The number of carbonyl (C=O) groups is 1. The standard InChI is InChI=1S/C15H27N3O/c1-4-10-18-14(19)17-13(16)15(18)8-5-6-12(7-9-15)11(2)3/h11-12H,4-10H2,1-3H3,(H2,16,17,19). The van der Waals surface area contributed by atoms with Crippen molar-refractivity contribution in [2.24, 2.45) is 22.6 Å². The van der Waals surface area contributed by atoms with Gasteiger partial charge in [0.25, 0.3) is 0 Å². The fourth-order valence-electron chi connectivity index (χ4n) is 3.67. The van der Waals surface area contributed by atoms with Gasteiger partial charge in [0.15, 0.2) is 0 Å². The summed E-state index contributed by atoms with van der Waals surface area (Å²) < 4.78 is 0. The van der Waals surface area contributed by atoms with Crippen LogP contribution in [0.4, 0.5) is 4.79 Å². The van der Waals surface area contributed by atoms with Crippen molar-refractivity contribution < 1.29 is 4.79 Å². The van der Waals surface area contributed by atoms with Crippen LogP contribution in [0.25, 0.3) is 0 Å². The van der Waals surface area contributed by atoms with E-state index in [9.17, 15) is 4.79 Å². The molecule has 19 heavy (non-hydrogen) atoms. The SMILES string of the molecule is CCCN1C(=O)N=C(N)C12CCCC(C(C)C)CC2. The van der Waals surface area contributed by atoms with Crippen LogP contribution in [-0.4, -0.2) is 28.9 Å². The quantitative estimate of drug-likeness (QED) is 0.852. The molecule has 1 aliphatic heterocycles. The molecule has 2 N–H and O–H groups in total. The lowest BCUT2D eigenvalue weighted by Gasteiger charge is -2.37. The highest BCUT2D eigenvalue weighted by Gasteiger charge is 2.48. The summed E-state index contributed by atoms with van der Waals surface area (Å²) in [5, 5.41) is 0. The summed E-state index contributed by atoms with van der Waals surface area (Å²) in [7, 11) is 0. The molecule has 1 saturated carbocycles. The van der Waals surface area contributed by atoms with Gasteiger partial charge >= 0.3 is 6.03 Å². The van der Waals surface area contributed by atoms with Crippen molar-refractivity contribution in [3.05, 3.63) is 0 Å². The number of urea groups is 1. The van der Waals surface area contributed by atoms with Crippen LogP contribution in [0, 0.1) is 11.8 Å². The van der Waals surface area contributed by atoms with E-state index < -0.39 is 0 Å². The normalized spacial score (nSPS) is 32.0. The molecule has 4 heteroatoms. The first-order chi connectivity index (χ1) is 9.01. The van der Waals surface area contributed by atoms with E-state index in [0.29, 0.717) is 11.8 Å². The van der Waals surface area contributed by atoms with Gasteiger partial charge in [-0.15, -0.1) is 0 Å². The van der Waals surface area contributed by atoms with Crippen molar-refractivity contribution in [1.29, 1.82) is 0 Å². The molecule has 2 unspecified atom stereocenters. The van der Waals surface area contributed by atoms with Gasteiger partial charge in [0.2, 0.25) is 0 Å². The van der Waals surface area contributed by atoms with Crippen LogP contribution in [0.15, 0.2) is 4.99 Å². The van der Waals surface area contributed by atoms with E-state index in [1.54, 1.807) is 0 Å². The second-order valence-corrected chi connectivity index (χ2v) is 6.40. The largest absolute Gasteiger partial charge is 0.385 e. The highest BCUT2D eigenvalue weighted by atomic mass is 16.2. The molecule has 1 fully saturated rings. The highest BCUT2D eigenvalue weighted by molar-refractivity contribution is 6.05. The molecule has 2 aliphatic rings. The molecule has 0 radical (unpaired) electrons. The molecule has 2 amide bonds. The van der Waals surface area contributed by atoms with Crippen LogP contribution < -0.4 is 5.73 Å². The molecule has 0 aromatic carbocycles. The Morgan fingerprint density at radius 1 is 1.42 bits per heavy atom. The van der Waals surface area contributed by atoms with Crippen LogP contribution in [0.5, 0.6) is 0 Å². The van der Waals surface area contributed by atoms with E-state index in [1.807, 2.05) is 4.90 Å². The zero-order valence-electron chi connectivity index (χ0n) is 12.5. The van der Waals surface area contributed by atoms with E-state index in [1.165, 1.54) is 6.42 Å². The Kier molecular flexibility index (Phi) is 4.16. The molecule has 1 spiro atoms. The van der Waals surface area contributed by atoms with Crippen LogP contribution in [0.3, 0.4) is 0 Å².